The average molecular weight is 303 g/mol. The fourth-order valence-electron chi connectivity index (χ4n) is 2.26. The van der Waals surface area contributed by atoms with Crippen LogP contribution in [0.4, 0.5) is 5.69 Å². The molecule has 4 N–H and O–H groups in total. The van der Waals surface area contributed by atoms with Crippen molar-refractivity contribution < 1.29 is 9.90 Å². The standard InChI is InChI=1S/C13H16Cl2N2O2/c14-10-5-9(6-11(15)12(10)18)17-13(19)7-1-3-8(16)4-2-7/h5-8,18H,1-4,16H2,(H,17,19). The van der Waals surface area contributed by atoms with Gasteiger partial charge in [0.15, 0.2) is 5.75 Å². The van der Waals surface area contributed by atoms with Crippen LogP contribution in [-0.4, -0.2) is 17.1 Å². The van der Waals surface area contributed by atoms with Crippen LogP contribution in [0.25, 0.3) is 0 Å². The molecule has 0 aromatic heterocycles. The number of halogens is 2. The summed E-state index contributed by atoms with van der Waals surface area (Å²) in [5, 5.41) is 12.5. The Labute approximate surface area is 121 Å². The van der Waals surface area contributed by atoms with E-state index in [9.17, 15) is 9.90 Å². The Balaban J connectivity index is 2.03. The van der Waals surface area contributed by atoms with Crippen LogP contribution in [0.3, 0.4) is 0 Å². The van der Waals surface area contributed by atoms with Crippen LogP contribution in [0.2, 0.25) is 10.0 Å². The molecule has 0 heterocycles. The van der Waals surface area contributed by atoms with E-state index in [2.05, 4.69) is 5.32 Å². The molecule has 19 heavy (non-hydrogen) atoms. The maximum absolute atomic E-state index is 12.1. The van der Waals surface area contributed by atoms with Crippen molar-refractivity contribution in [3.8, 4) is 5.75 Å². The van der Waals surface area contributed by atoms with Gasteiger partial charge in [0.2, 0.25) is 5.91 Å². The topological polar surface area (TPSA) is 75.4 Å². The summed E-state index contributed by atoms with van der Waals surface area (Å²) in [6, 6.07) is 3.17. The van der Waals surface area contributed by atoms with Gasteiger partial charge in [-0.3, -0.25) is 4.79 Å². The van der Waals surface area contributed by atoms with Crippen LogP contribution in [-0.2, 0) is 4.79 Å². The van der Waals surface area contributed by atoms with Gasteiger partial charge in [-0.1, -0.05) is 23.2 Å². The highest BCUT2D eigenvalue weighted by molar-refractivity contribution is 6.37. The molecule has 0 radical (unpaired) electrons. The minimum Gasteiger partial charge on any atom is -0.505 e. The summed E-state index contributed by atoms with van der Waals surface area (Å²) in [6.07, 6.45) is 3.34. The quantitative estimate of drug-likeness (QED) is 0.735. The fraction of sp³-hybridized carbons (Fsp3) is 0.462. The summed E-state index contributed by atoms with van der Waals surface area (Å²) < 4.78 is 0. The van der Waals surface area contributed by atoms with Crippen molar-refractivity contribution in [1.29, 1.82) is 0 Å². The zero-order valence-electron chi connectivity index (χ0n) is 10.3. The number of rotatable bonds is 2. The first-order valence-electron chi connectivity index (χ1n) is 6.22. The van der Waals surface area contributed by atoms with Crippen molar-refractivity contribution in [1.82, 2.24) is 0 Å². The number of nitrogens with one attached hydrogen (secondary N) is 1. The minimum atomic E-state index is -0.176. The van der Waals surface area contributed by atoms with Crippen molar-refractivity contribution in [3.05, 3.63) is 22.2 Å². The lowest BCUT2D eigenvalue weighted by Gasteiger charge is -2.25. The lowest BCUT2D eigenvalue weighted by molar-refractivity contribution is -0.120. The maximum Gasteiger partial charge on any atom is 0.227 e. The van der Waals surface area contributed by atoms with Crippen LogP contribution in [0.1, 0.15) is 25.7 Å². The number of benzene rings is 1. The third kappa shape index (κ3) is 3.53. The van der Waals surface area contributed by atoms with E-state index in [1.54, 1.807) is 0 Å². The largest absolute Gasteiger partial charge is 0.505 e. The highest BCUT2D eigenvalue weighted by atomic mass is 35.5. The third-order valence-corrected chi connectivity index (χ3v) is 4.00. The smallest absolute Gasteiger partial charge is 0.227 e. The van der Waals surface area contributed by atoms with E-state index in [0.717, 1.165) is 25.7 Å². The van der Waals surface area contributed by atoms with Crippen molar-refractivity contribution in [3.63, 3.8) is 0 Å². The van der Waals surface area contributed by atoms with Crippen LogP contribution in [0, 0.1) is 5.92 Å². The number of hydrogen-bond donors (Lipinski definition) is 3. The van der Waals surface area contributed by atoms with Gasteiger partial charge in [0.05, 0.1) is 10.0 Å². The molecule has 0 atom stereocenters. The van der Waals surface area contributed by atoms with Gasteiger partial charge in [0.25, 0.3) is 0 Å². The molecule has 0 saturated heterocycles. The molecule has 1 aliphatic carbocycles. The molecule has 1 aromatic carbocycles. The number of aromatic hydroxyl groups is 1. The van der Waals surface area contributed by atoms with E-state index in [1.807, 2.05) is 0 Å². The lowest BCUT2D eigenvalue weighted by atomic mass is 9.86. The molecule has 1 fully saturated rings. The van der Waals surface area contributed by atoms with Gasteiger partial charge in [-0.25, -0.2) is 0 Å². The molecule has 1 saturated carbocycles. The summed E-state index contributed by atoms with van der Waals surface area (Å²) in [6.45, 7) is 0. The van der Waals surface area contributed by atoms with Crippen LogP contribution >= 0.6 is 23.2 Å². The number of nitrogens with two attached hydrogens (primary N) is 1. The molecule has 6 heteroatoms. The van der Waals surface area contributed by atoms with Gasteiger partial charge < -0.3 is 16.2 Å². The lowest BCUT2D eigenvalue weighted by Crippen LogP contribution is -2.32. The predicted molar refractivity (Wildman–Crippen MR) is 76.7 cm³/mol. The number of carbonyl (C=O) groups is 1. The number of phenols is 1. The number of carbonyl (C=O) groups excluding carboxylic acids is 1. The first-order valence-corrected chi connectivity index (χ1v) is 6.97. The molecular weight excluding hydrogens is 287 g/mol. The van der Waals surface area contributed by atoms with E-state index < -0.39 is 0 Å². The molecule has 1 amide bonds. The molecule has 0 unspecified atom stereocenters. The molecule has 0 spiro atoms. The monoisotopic (exact) mass is 302 g/mol. The Morgan fingerprint density at radius 3 is 2.26 bits per heavy atom. The number of phenolic OH excluding ortho intramolecular Hbond substituents is 1. The SMILES string of the molecule is NC1CCC(C(=O)Nc2cc(Cl)c(O)c(Cl)c2)CC1. The van der Waals surface area contributed by atoms with Crippen molar-refractivity contribution in [2.75, 3.05) is 5.32 Å². The summed E-state index contributed by atoms with van der Waals surface area (Å²) in [7, 11) is 0. The predicted octanol–water partition coefficient (Wildman–Crippen LogP) is 3.16. The molecule has 0 bridgehead atoms. The van der Waals surface area contributed by atoms with E-state index in [4.69, 9.17) is 28.9 Å². The Morgan fingerprint density at radius 2 is 1.74 bits per heavy atom. The Kier molecular flexibility index (Phi) is 4.55. The van der Waals surface area contributed by atoms with Crippen LogP contribution in [0.5, 0.6) is 5.75 Å². The second kappa shape index (κ2) is 5.99. The molecular formula is C13H16Cl2N2O2. The van der Waals surface area contributed by atoms with E-state index in [1.165, 1.54) is 12.1 Å². The summed E-state index contributed by atoms with van der Waals surface area (Å²) in [5.74, 6) is -0.249. The molecule has 4 nitrogen and oxygen atoms in total. The summed E-state index contributed by atoms with van der Waals surface area (Å²) in [5.41, 5.74) is 6.30. The number of hydrogen-bond acceptors (Lipinski definition) is 3. The highest BCUT2D eigenvalue weighted by Gasteiger charge is 2.24. The van der Waals surface area contributed by atoms with Gasteiger partial charge in [0.1, 0.15) is 0 Å². The fourth-order valence-corrected chi connectivity index (χ4v) is 2.75. The second-order valence-electron chi connectivity index (χ2n) is 4.89. The third-order valence-electron chi connectivity index (χ3n) is 3.43. The molecule has 104 valence electrons. The van der Waals surface area contributed by atoms with Crippen LogP contribution in [0.15, 0.2) is 12.1 Å². The van der Waals surface area contributed by atoms with Crippen molar-refractivity contribution in [2.45, 2.75) is 31.7 Å². The Morgan fingerprint density at radius 1 is 1.21 bits per heavy atom. The normalized spacial score (nSPS) is 23.1. The first-order chi connectivity index (χ1) is 8.97. The summed E-state index contributed by atoms with van der Waals surface area (Å²) >= 11 is 11.6. The molecule has 1 aromatic rings. The minimum absolute atomic E-state index is 0.0221. The van der Waals surface area contributed by atoms with Crippen LogP contribution < -0.4 is 11.1 Å². The zero-order chi connectivity index (χ0) is 14.0. The van der Waals surface area contributed by atoms with Gasteiger partial charge in [-0.15, -0.1) is 0 Å². The highest BCUT2D eigenvalue weighted by Crippen LogP contribution is 2.35. The maximum atomic E-state index is 12.1. The van der Waals surface area contributed by atoms with E-state index in [-0.39, 0.29) is 33.7 Å². The second-order valence-corrected chi connectivity index (χ2v) is 5.70. The Hall–Kier alpha value is -0.970. The van der Waals surface area contributed by atoms with Crippen molar-refractivity contribution >= 4 is 34.8 Å². The summed E-state index contributed by atoms with van der Waals surface area (Å²) in [4.78, 5) is 12.1. The molecule has 1 aliphatic rings. The van der Waals surface area contributed by atoms with Gasteiger partial charge in [0, 0.05) is 17.6 Å². The Bertz CT molecular complexity index is 463. The van der Waals surface area contributed by atoms with Crippen molar-refractivity contribution in [2.24, 2.45) is 11.7 Å². The van der Waals surface area contributed by atoms with E-state index >= 15 is 0 Å². The first kappa shape index (κ1) is 14.4. The molecule has 0 aliphatic heterocycles. The van der Waals surface area contributed by atoms with Gasteiger partial charge in [-0.2, -0.15) is 0 Å². The average Bonchev–Trinajstić information content (AvgIpc) is 2.36. The van der Waals surface area contributed by atoms with E-state index in [0.29, 0.717) is 5.69 Å². The molecule has 2 rings (SSSR count). The number of anilines is 1. The van der Waals surface area contributed by atoms with Gasteiger partial charge >= 0.3 is 0 Å². The van der Waals surface area contributed by atoms with Gasteiger partial charge in [-0.05, 0) is 37.8 Å². The number of amides is 1. The zero-order valence-corrected chi connectivity index (χ0v) is 11.8.